The summed E-state index contributed by atoms with van der Waals surface area (Å²) in [6, 6.07) is 5.97. The van der Waals surface area contributed by atoms with Crippen LogP contribution in [0, 0.1) is 0 Å². The van der Waals surface area contributed by atoms with E-state index in [2.05, 4.69) is 17.2 Å². The first kappa shape index (κ1) is 13.8. The van der Waals surface area contributed by atoms with E-state index < -0.39 is 0 Å². The fourth-order valence-electron chi connectivity index (χ4n) is 2.32. The number of amides is 1. The van der Waals surface area contributed by atoms with Gasteiger partial charge in [-0.05, 0) is 31.4 Å². The number of likely N-dealkylation sites (tertiary alicyclic amines) is 1. The number of pyridine rings is 1. The van der Waals surface area contributed by atoms with Crippen molar-refractivity contribution in [2.75, 3.05) is 18.4 Å². The van der Waals surface area contributed by atoms with E-state index in [1.54, 1.807) is 0 Å². The van der Waals surface area contributed by atoms with Crippen LogP contribution in [-0.4, -0.2) is 28.9 Å². The molecule has 1 aliphatic rings. The molecular weight excluding hydrogens is 238 g/mol. The van der Waals surface area contributed by atoms with Crippen molar-refractivity contribution in [3.63, 3.8) is 0 Å². The molecule has 1 aromatic heterocycles. The minimum atomic E-state index is 0.270. The standard InChI is InChI=1S/C15H23N3O/c1-2-10-16-14-8-6-7-13(17-14)12-18-11-5-3-4-9-15(18)19/h6-8H,2-5,9-12H2,1H3,(H,16,17). The number of rotatable bonds is 5. The molecule has 0 aliphatic carbocycles. The van der Waals surface area contributed by atoms with Crippen molar-refractivity contribution in [3.05, 3.63) is 23.9 Å². The monoisotopic (exact) mass is 261 g/mol. The van der Waals surface area contributed by atoms with Crippen LogP contribution in [-0.2, 0) is 11.3 Å². The zero-order valence-electron chi connectivity index (χ0n) is 11.7. The highest BCUT2D eigenvalue weighted by molar-refractivity contribution is 5.76. The predicted octanol–water partition coefficient (Wildman–Crippen LogP) is 2.81. The minimum absolute atomic E-state index is 0.270. The van der Waals surface area contributed by atoms with E-state index in [0.717, 1.165) is 50.3 Å². The van der Waals surface area contributed by atoms with Crippen LogP contribution in [0.1, 0.15) is 44.7 Å². The second-order valence-corrected chi connectivity index (χ2v) is 5.07. The second-order valence-electron chi connectivity index (χ2n) is 5.07. The molecule has 0 radical (unpaired) electrons. The highest BCUT2D eigenvalue weighted by Gasteiger charge is 2.17. The summed E-state index contributed by atoms with van der Waals surface area (Å²) in [5.41, 5.74) is 0.969. The maximum atomic E-state index is 12.0. The first-order valence-electron chi connectivity index (χ1n) is 7.27. The topological polar surface area (TPSA) is 45.2 Å². The average molecular weight is 261 g/mol. The van der Waals surface area contributed by atoms with Gasteiger partial charge >= 0.3 is 0 Å². The molecule has 0 atom stereocenters. The Bertz CT molecular complexity index is 420. The molecule has 2 heterocycles. The maximum absolute atomic E-state index is 12.0. The SMILES string of the molecule is CCCNc1cccc(CN2CCCCCC2=O)n1. The summed E-state index contributed by atoms with van der Waals surface area (Å²) < 4.78 is 0. The Labute approximate surface area is 115 Å². The van der Waals surface area contributed by atoms with Crippen molar-refractivity contribution < 1.29 is 4.79 Å². The summed E-state index contributed by atoms with van der Waals surface area (Å²) in [5.74, 6) is 1.17. The van der Waals surface area contributed by atoms with Crippen LogP contribution >= 0.6 is 0 Å². The van der Waals surface area contributed by atoms with Gasteiger partial charge in [-0.2, -0.15) is 0 Å². The van der Waals surface area contributed by atoms with E-state index in [1.807, 2.05) is 23.1 Å². The number of carbonyl (C=O) groups excluding carboxylic acids is 1. The van der Waals surface area contributed by atoms with Crippen LogP contribution in [0.5, 0.6) is 0 Å². The zero-order valence-corrected chi connectivity index (χ0v) is 11.7. The van der Waals surface area contributed by atoms with Gasteiger partial charge in [-0.3, -0.25) is 4.79 Å². The Hall–Kier alpha value is -1.58. The molecule has 1 saturated heterocycles. The molecule has 1 amide bonds. The summed E-state index contributed by atoms with van der Waals surface area (Å²) in [7, 11) is 0. The van der Waals surface area contributed by atoms with Crippen molar-refractivity contribution >= 4 is 11.7 Å². The third kappa shape index (κ3) is 4.23. The molecule has 1 aliphatic heterocycles. The van der Waals surface area contributed by atoms with E-state index in [-0.39, 0.29) is 5.91 Å². The number of anilines is 1. The summed E-state index contributed by atoms with van der Waals surface area (Å²) in [5, 5.41) is 3.28. The van der Waals surface area contributed by atoms with Crippen LogP contribution < -0.4 is 5.32 Å². The highest BCUT2D eigenvalue weighted by atomic mass is 16.2. The molecule has 19 heavy (non-hydrogen) atoms. The Kier molecular flexibility index (Phi) is 5.19. The van der Waals surface area contributed by atoms with E-state index >= 15 is 0 Å². The first-order valence-corrected chi connectivity index (χ1v) is 7.27. The number of nitrogens with one attached hydrogen (secondary N) is 1. The summed E-state index contributed by atoms with van der Waals surface area (Å²) in [4.78, 5) is 18.5. The molecule has 1 fully saturated rings. The molecule has 104 valence electrons. The summed E-state index contributed by atoms with van der Waals surface area (Å²) in [6.45, 7) is 4.57. The number of carbonyl (C=O) groups is 1. The molecule has 2 rings (SSSR count). The fraction of sp³-hybridized carbons (Fsp3) is 0.600. The van der Waals surface area contributed by atoms with Gasteiger partial charge in [0.15, 0.2) is 0 Å². The van der Waals surface area contributed by atoms with E-state index in [1.165, 1.54) is 0 Å². The lowest BCUT2D eigenvalue weighted by Gasteiger charge is -2.20. The second kappa shape index (κ2) is 7.12. The Morgan fingerprint density at radius 2 is 2.21 bits per heavy atom. The van der Waals surface area contributed by atoms with Crippen molar-refractivity contribution in [3.8, 4) is 0 Å². The van der Waals surface area contributed by atoms with Gasteiger partial charge in [-0.15, -0.1) is 0 Å². The van der Waals surface area contributed by atoms with E-state index in [0.29, 0.717) is 13.0 Å². The molecular formula is C15H23N3O. The molecule has 4 heteroatoms. The highest BCUT2D eigenvalue weighted by Crippen LogP contribution is 2.14. The Morgan fingerprint density at radius 3 is 3.05 bits per heavy atom. The fourth-order valence-corrected chi connectivity index (χ4v) is 2.32. The van der Waals surface area contributed by atoms with Crippen LogP contribution in [0.4, 0.5) is 5.82 Å². The maximum Gasteiger partial charge on any atom is 0.222 e. The van der Waals surface area contributed by atoms with Crippen LogP contribution in [0.15, 0.2) is 18.2 Å². The third-order valence-corrected chi connectivity index (χ3v) is 3.39. The van der Waals surface area contributed by atoms with Gasteiger partial charge in [0.1, 0.15) is 5.82 Å². The van der Waals surface area contributed by atoms with Crippen molar-refractivity contribution in [2.45, 2.75) is 45.6 Å². The molecule has 4 nitrogen and oxygen atoms in total. The van der Waals surface area contributed by atoms with Gasteiger partial charge in [-0.1, -0.05) is 19.4 Å². The van der Waals surface area contributed by atoms with E-state index in [4.69, 9.17) is 0 Å². The van der Waals surface area contributed by atoms with E-state index in [9.17, 15) is 4.79 Å². The largest absolute Gasteiger partial charge is 0.370 e. The summed E-state index contributed by atoms with van der Waals surface area (Å²) in [6.07, 6.45) is 5.07. The van der Waals surface area contributed by atoms with Gasteiger partial charge in [0.25, 0.3) is 0 Å². The van der Waals surface area contributed by atoms with Gasteiger partial charge in [0, 0.05) is 19.5 Å². The Morgan fingerprint density at radius 1 is 1.32 bits per heavy atom. The van der Waals surface area contributed by atoms with Crippen molar-refractivity contribution in [1.82, 2.24) is 9.88 Å². The van der Waals surface area contributed by atoms with Gasteiger partial charge in [-0.25, -0.2) is 4.98 Å². The molecule has 0 unspecified atom stereocenters. The average Bonchev–Trinajstić information content (AvgIpc) is 2.62. The molecule has 1 aromatic rings. The lowest BCUT2D eigenvalue weighted by molar-refractivity contribution is -0.131. The van der Waals surface area contributed by atoms with Crippen LogP contribution in [0.3, 0.4) is 0 Å². The smallest absolute Gasteiger partial charge is 0.222 e. The quantitative estimate of drug-likeness (QED) is 0.886. The molecule has 0 bridgehead atoms. The van der Waals surface area contributed by atoms with Crippen molar-refractivity contribution in [1.29, 1.82) is 0 Å². The molecule has 1 N–H and O–H groups in total. The van der Waals surface area contributed by atoms with Gasteiger partial charge in [0.2, 0.25) is 5.91 Å². The van der Waals surface area contributed by atoms with Gasteiger partial charge < -0.3 is 10.2 Å². The molecule has 0 spiro atoms. The number of hydrogen-bond acceptors (Lipinski definition) is 3. The molecule has 0 aromatic carbocycles. The lowest BCUT2D eigenvalue weighted by Crippen LogP contribution is -2.30. The number of aromatic nitrogens is 1. The predicted molar refractivity (Wildman–Crippen MR) is 76.9 cm³/mol. The first-order chi connectivity index (χ1) is 9.29. The number of hydrogen-bond donors (Lipinski definition) is 1. The summed E-state index contributed by atoms with van der Waals surface area (Å²) >= 11 is 0. The third-order valence-electron chi connectivity index (χ3n) is 3.39. The van der Waals surface area contributed by atoms with Crippen LogP contribution in [0.2, 0.25) is 0 Å². The number of nitrogens with zero attached hydrogens (tertiary/aromatic N) is 2. The molecule has 0 saturated carbocycles. The minimum Gasteiger partial charge on any atom is -0.370 e. The normalized spacial score (nSPS) is 16.3. The Balaban J connectivity index is 1.99. The van der Waals surface area contributed by atoms with Crippen molar-refractivity contribution in [2.24, 2.45) is 0 Å². The zero-order chi connectivity index (χ0) is 13.5. The van der Waals surface area contributed by atoms with Crippen LogP contribution in [0.25, 0.3) is 0 Å². The van der Waals surface area contributed by atoms with Gasteiger partial charge in [0.05, 0.1) is 12.2 Å². The lowest BCUT2D eigenvalue weighted by atomic mass is 10.2.